The lowest BCUT2D eigenvalue weighted by atomic mass is 10.1. The summed E-state index contributed by atoms with van der Waals surface area (Å²) in [6, 6.07) is 0.499. The Labute approximate surface area is 182 Å². The molecule has 1 atom stereocenters. The summed E-state index contributed by atoms with van der Waals surface area (Å²) in [6.45, 7) is 10.2. The molecule has 1 unspecified atom stereocenters. The molecule has 2 saturated heterocycles. The summed E-state index contributed by atoms with van der Waals surface area (Å²) in [4.78, 5) is 7.18. The molecule has 0 amide bonds. The molecule has 2 heterocycles. The lowest BCUT2D eigenvalue weighted by Gasteiger charge is -2.33. The van der Waals surface area contributed by atoms with Crippen LogP contribution < -0.4 is 10.6 Å². The first kappa shape index (κ1) is 24.9. The van der Waals surface area contributed by atoms with Crippen LogP contribution in [-0.2, 0) is 14.2 Å². The minimum atomic E-state index is 0. The van der Waals surface area contributed by atoms with Crippen LogP contribution in [0.1, 0.15) is 39.0 Å². The Kier molecular flexibility index (Phi) is 14.5. The summed E-state index contributed by atoms with van der Waals surface area (Å²) in [5.74, 6) is 0.908. The van der Waals surface area contributed by atoms with Crippen molar-refractivity contribution in [3.63, 3.8) is 0 Å². The van der Waals surface area contributed by atoms with Gasteiger partial charge in [0.25, 0.3) is 0 Å². The fourth-order valence-electron chi connectivity index (χ4n) is 3.46. The van der Waals surface area contributed by atoms with Gasteiger partial charge in [-0.2, -0.15) is 0 Å². The molecule has 27 heavy (non-hydrogen) atoms. The fourth-order valence-corrected chi connectivity index (χ4v) is 3.46. The van der Waals surface area contributed by atoms with Gasteiger partial charge in [0.2, 0.25) is 0 Å². The molecule has 0 aromatic rings. The van der Waals surface area contributed by atoms with Gasteiger partial charge >= 0.3 is 0 Å². The first-order chi connectivity index (χ1) is 12.8. The number of ether oxygens (including phenoxy) is 3. The van der Waals surface area contributed by atoms with E-state index in [1.165, 1.54) is 0 Å². The lowest BCUT2D eigenvalue weighted by molar-refractivity contribution is 0.0200. The predicted octanol–water partition coefficient (Wildman–Crippen LogP) is 1.86. The van der Waals surface area contributed by atoms with Crippen LogP contribution in [0, 0.1) is 0 Å². The molecule has 160 valence electrons. The largest absolute Gasteiger partial charge is 0.385 e. The average Bonchev–Trinajstić information content (AvgIpc) is 3.17. The van der Waals surface area contributed by atoms with Crippen LogP contribution in [0.25, 0.3) is 0 Å². The SMILES string of the molecule is CCNC(=NCCOCC1CCCO1)NC1CCN(CCCOC)CC1.I. The van der Waals surface area contributed by atoms with Gasteiger partial charge < -0.3 is 29.7 Å². The molecule has 0 spiro atoms. The Hall–Kier alpha value is -0.160. The summed E-state index contributed by atoms with van der Waals surface area (Å²) in [5, 5.41) is 6.93. The molecule has 2 aliphatic heterocycles. The van der Waals surface area contributed by atoms with Gasteiger partial charge in [0.15, 0.2) is 5.96 Å². The molecular formula is C19H39IN4O3. The summed E-state index contributed by atoms with van der Waals surface area (Å²) in [7, 11) is 1.77. The van der Waals surface area contributed by atoms with E-state index in [0.29, 0.717) is 31.9 Å². The minimum Gasteiger partial charge on any atom is -0.385 e. The topological polar surface area (TPSA) is 67.4 Å². The highest BCUT2D eigenvalue weighted by atomic mass is 127. The number of rotatable bonds is 11. The standard InChI is InChI=1S/C19H38N4O3.HI/c1-3-20-19(21-9-15-25-16-18-6-4-14-26-18)22-17-7-11-23(12-8-17)10-5-13-24-2;/h17-18H,3-16H2,1-2H3,(H2,20,21,22);1H. The van der Waals surface area contributed by atoms with E-state index in [1.54, 1.807) is 7.11 Å². The maximum Gasteiger partial charge on any atom is 0.191 e. The highest BCUT2D eigenvalue weighted by molar-refractivity contribution is 14.0. The summed E-state index contributed by atoms with van der Waals surface area (Å²) >= 11 is 0. The molecule has 2 rings (SSSR count). The van der Waals surface area contributed by atoms with E-state index < -0.39 is 0 Å². The molecular weight excluding hydrogens is 459 g/mol. The first-order valence-corrected chi connectivity index (χ1v) is 10.3. The van der Waals surface area contributed by atoms with Crippen LogP contribution in [-0.4, -0.2) is 89.3 Å². The Bertz CT molecular complexity index is 387. The molecule has 0 radical (unpaired) electrons. The predicted molar refractivity (Wildman–Crippen MR) is 120 cm³/mol. The number of hydrogen-bond acceptors (Lipinski definition) is 5. The van der Waals surface area contributed by atoms with E-state index in [9.17, 15) is 0 Å². The van der Waals surface area contributed by atoms with E-state index in [4.69, 9.17) is 14.2 Å². The van der Waals surface area contributed by atoms with Crippen LogP contribution >= 0.6 is 24.0 Å². The third kappa shape index (κ3) is 10.8. The molecule has 0 bridgehead atoms. The van der Waals surface area contributed by atoms with Crippen LogP contribution in [0.4, 0.5) is 0 Å². The van der Waals surface area contributed by atoms with E-state index in [0.717, 1.165) is 77.5 Å². The van der Waals surface area contributed by atoms with Gasteiger partial charge in [-0.05, 0) is 39.0 Å². The number of likely N-dealkylation sites (tertiary alicyclic amines) is 1. The highest BCUT2D eigenvalue weighted by Crippen LogP contribution is 2.12. The van der Waals surface area contributed by atoms with Gasteiger partial charge in [0.05, 0.1) is 25.9 Å². The van der Waals surface area contributed by atoms with E-state index in [-0.39, 0.29) is 24.0 Å². The number of piperidine rings is 1. The second-order valence-electron chi connectivity index (χ2n) is 7.08. The van der Waals surface area contributed by atoms with Gasteiger partial charge in [-0.3, -0.25) is 4.99 Å². The highest BCUT2D eigenvalue weighted by Gasteiger charge is 2.19. The number of nitrogens with one attached hydrogen (secondary N) is 2. The zero-order valence-electron chi connectivity index (χ0n) is 17.1. The van der Waals surface area contributed by atoms with Crippen molar-refractivity contribution in [3.05, 3.63) is 0 Å². The normalized spacial score (nSPS) is 21.9. The van der Waals surface area contributed by atoms with Crippen molar-refractivity contribution in [2.24, 2.45) is 4.99 Å². The Morgan fingerprint density at radius 1 is 1.22 bits per heavy atom. The number of methoxy groups -OCH3 is 1. The molecule has 2 fully saturated rings. The fraction of sp³-hybridized carbons (Fsp3) is 0.947. The number of hydrogen-bond donors (Lipinski definition) is 2. The molecule has 0 aromatic carbocycles. The average molecular weight is 498 g/mol. The quantitative estimate of drug-likeness (QED) is 0.196. The number of nitrogens with zero attached hydrogens (tertiary/aromatic N) is 2. The van der Waals surface area contributed by atoms with Crippen molar-refractivity contribution in [1.82, 2.24) is 15.5 Å². The summed E-state index contributed by atoms with van der Waals surface area (Å²) < 4.78 is 16.4. The molecule has 2 aliphatic rings. The maximum atomic E-state index is 5.69. The van der Waals surface area contributed by atoms with Crippen LogP contribution in [0.2, 0.25) is 0 Å². The third-order valence-corrected chi connectivity index (χ3v) is 4.93. The van der Waals surface area contributed by atoms with E-state index >= 15 is 0 Å². The second-order valence-corrected chi connectivity index (χ2v) is 7.08. The van der Waals surface area contributed by atoms with Crippen molar-refractivity contribution in [2.45, 2.75) is 51.2 Å². The first-order valence-electron chi connectivity index (χ1n) is 10.3. The number of halogens is 1. The molecule has 0 aliphatic carbocycles. The smallest absolute Gasteiger partial charge is 0.191 e. The van der Waals surface area contributed by atoms with Crippen molar-refractivity contribution < 1.29 is 14.2 Å². The number of guanidine groups is 1. The van der Waals surface area contributed by atoms with Gasteiger partial charge in [0, 0.05) is 52.5 Å². The van der Waals surface area contributed by atoms with Crippen molar-refractivity contribution in [2.75, 3.05) is 66.3 Å². The maximum absolute atomic E-state index is 5.69. The van der Waals surface area contributed by atoms with Gasteiger partial charge in [-0.15, -0.1) is 24.0 Å². The molecule has 7 nitrogen and oxygen atoms in total. The minimum absolute atomic E-state index is 0. The molecule has 0 saturated carbocycles. The summed E-state index contributed by atoms with van der Waals surface area (Å²) in [6.07, 6.45) is 6.01. The third-order valence-electron chi connectivity index (χ3n) is 4.93. The van der Waals surface area contributed by atoms with Gasteiger partial charge in [0.1, 0.15) is 0 Å². The second kappa shape index (κ2) is 15.7. The summed E-state index contributed by atoms with van der Waals surface area (Å²) in [5.41, 5.74) is 0. The zero-order chi connectivity index (χ0) is 18.5. The molecule has 0 aromatic heterocycles. The Morgan fingerprint density at radius 3 is 2.70 bits per heavy atom. The molecule has 2 N–H and O–H groups in total. The zero-order valence-corrected chi connectivity index (χ0v) is 19.4. The van der Waals surface area contributed by atoms with E-state index in [1.807, 2.05) is 0 Å². The van der Waals surface area contributed by atoms with Gasteiger partial charge in [-0.1, -0.05) is 0 Å². The monoisotopic (exact) mass is 498 g/mol. The molecule has 8 heteroatoms. The Morgan fingerprint density at radius 2 is 2.04 bits per heavy atom. The van der Waals surface area contributed by atoms with E-state index in [2.05, 4.69) is 27.4 Å². The number of aliphatic imine (C=N–C) groups is 1. The van der Waals surface area contributed by atoms with Crippen molar-refractivity contribution in [3.8, 4) is 0 Å². The lowest BCUT2D eigenvalue weighted by Crippen LogP contribution is -2.49. The van der Waals surface area contributed by atoms with Crippen molar-refractivity contribution in [1.29, 1.82) is 0 Å². The van der Waals surface area contributed by atoms with Crippen LogP contribution in [0.3, 0.4) is 0 Å². The Balaban J connectivity index is 0.00000364. The van der Waals surface area contributed by atoms with Crippen molar-refractivity contribution >= 4 is 29.9 Å². The van der Waals surface area contributed by atoms with Crippen LogP contribution in [0.5, 0.6) is 0 Å². The van der Waals surface area contributed by atoms with Gasteiger partial charge in [-0.25, -0.2) is 0 Å². The van der Waals surface area contributed by atoms with Crippen LogP contribution in [0.15, 0.2) is 4.99 Å².